The summed E-state index contributed by atoms with van der Waals surface area (Å²) in [6, 6.07) is 17.3. The molecule has 0 bridgehead atoms. The second-order valence-corrected chi connectivity index (χ2v) is 8.15. The van der Waals surface area contributed by atoms with Gasteiger partial charge in [-0.2, -0.15) is 0 Å². The Kier molecular flexibility index (Phi) is 5.54. The molecule has 0 saturated heterocycles. The van der Waals surface area contributed by atoms with E-state index in [1.54, 1.807) is 23.7 Å². The van der Waals surface area contributed by atoms with Crippen molar-refractivity contribution in [1.29, 1.82) is 0 Å². The van der Waals surface area contributed by atoms with Gasteiger partial charge in [0.05, 0.1) is 17.8 Å². The lowest BCUT2D eigenvalue weighted by Crippen LogP contribution is -2.26. The van der Waals surface area contributed by atoms with Crippen LogP contribution in [0.5, 0.6) is 0 Å². The fraction of sp³-hybridized carbons (Fsp3) is 0.143. The second kappa shape index (κ2) is 8.24. The number of benzene rings is 1. The van der Waals surface area contributed by atoms with Crippen molar-refractivity contribution in [3.63, 3.8) is 0 Å². The Balaban J connectivity index is 1.48. The van der Waals surface area contributed by atoms with E-state index < -0.39 is 0 Å². The van der Waals surface area contributed by atoms with Crippen LogP contribution in [0.25, 0.3) is 5.65 Å². The van der Waals surface area contributed by atoms with E-state index in [9.17, 15) is 4.79 Å². The Morgan fingerprint density at radius 1 is 1.18 bits per heavy atom. The predicted molar refractivity (Wildman–Crippen MR) is 113 cm³/mol. The summed E-state index contributed by atoms with van der Waals surface area (Å²) in [5.41, 5.74) is 2.59. The molecule has 142 valence electrons. The van der Waals surface area contributed by atoms with Crippen LogP contribution in [-0.2, 0) is 12.3 Å². The summed E-state index contributed by atoms with van der Waals surface area (Å²) in [5.74, 6) is 1.39. The first-order valence-electron chi connectivity index (χ1n) is 8.74. The van der Waals surface area contributed by atoms with Crippen molar-refractivity contribution < 1.29 is 9.21 Å². The van der Waals surface area contributed by atoms with Crippen molar-refractivity contribution in [1.82, 2.24) is 14.3 Å². The third kappa shape index (κ3) is 4.15. The monoisotopic (exact) mass is 455 g/mol. The Morgan fingerprint density at radius 2 is 2.00 bits per heavy atom. The summed E-state index contributed by atoms with van der Waals surface area (Å²) in [5, 5.41) is 0. The first-order chi connectivity index (χ1) is 13.6. The number of furan rings is 1. The van der Waals surface area contributed by atoms with Gasteiger partial charge in [-0.1, -0.05) is 18.2 Å². The summed E-state index contributed by atoms with van der Waals surface area (Å²) in [6.07, 6.45) is 4.00. The summed E-state index contributed by atoms with van der Waals surface area (Å²) in [7, 11) is 1.78. The van der Waals surface area contributed by atoms with Crippen molar-refractivity contribution in [2.24, 2.45) is 0 Å². The maximum atomic E-state index is 13.0. The Labute approximate surface area is 175 Å². The van der Waals surface area contributed by atoms with Gasteiger partial charge in [-0.3, -0.25) is 4.79 Å². The molecule has 7 heteroatoms. The first-order valence-corrected chi connectivity index (χ1v) is 10.5. The highest BCUT2D eigenvalue weighted by Crippen LogP contribution is 2.27. The predicted octanol–water partition coefficient (Wildman–Crippen LogP) is 5.25. The van der Waals surface area contributed by atoms with E-state index in [1.165, 1.54) is 0 Å². The van der Waals surface area contributed by atoms with Crippen LogP contribution >= 0.6 is 27.7 Å². The van der Waals surface area contributed by atoms with Crippen LogP contribution < -0.4 is 0 Å². The molecule has 0 unspecified atom stereocenters. The van der Waals surface area contributed by atoms with Gasteiger partial charge in [0.15, 0.2) is 4.67 Å². The zero-order chi connectivity index (χ0) is 19.5. The molecule has 4 aromatic rings. The van der Waals surface area contributed by atoms with Crippen LogP contribution in [0.15, 0.2) is 81.0 Å². The van der Waals surface area contributed by atoms with E-state index in [0.717, 1.165) is 22.0 Å². The molecule has 0 aliphatic rings. The molecule has 0 radical (unpaired) electrons. The number of rotatable bonds is 6. The van der Waals surface area contributed by atoms with Crippen LogP contribution in [-0.4, -0.2) is 27.2 Å². The van der Waals surface area contributed by atoms with E-state index in [4.69, 9.17) is 4.42 Å². The van der Waals surface area contributed by atoms with E-state index in [1.807, 2.05) is 71.4 Å². The molecule has 0 N–H and O–H groups in total. The Bertz CT molecular complexity index is 1090. The third-order valence-electron chi connectivity index (χ3n) is 4.28. The number of fused-ring (bicyclic) bond motifs is 1. The smallest absolute Gasteiger partial charge is 0.255 e. The van der Waals surface area contributed by atoms with Crippen LogP contribution in [0.4, 0.5) is 0 Å². The van der Waals surface area contributed by atoms with Crippen LogP contribution in [0.3, 0.4) is 0 Å². The quantitative estimate of drug-likeness (QED) is 0.372. The number of nitrogens with zero attached hydrogens (tertiary/aromatic N) is 3. The van der Waals surface area contributed by atoms with Crippen LogP contribution in [0, 0.1) is 0 Å². The minimum absolute atomic E-state index is 0.0365. The molecule has 1 aromatic carbocycles. The van der Waals surface area contributed by atoms with Crippen molar-refractivity contribution in [2.75, 3.05) is 7.05 Å². The molecule has 1 amide bonds. The lowest BCUT2D eigenvalue weighted by Gasteiger charge is -2.17. The molecule has 0 saturated carbocycles. The maximum absolute atomic E-state index is 13.0. The highest BCUT2D eigenvalue weighted by atomic mass is 79.9. The van der Waals surface area contributed by atoms with Crippen molar-refractivity contribution in [2.45, 2.75) is 17.2 Å². The molecule has 0 atom stereocenters. The summed E-state index contributed by atoms with van der Waals surface area (Å²) >= 11 is 4.91. The minimum atomic E-state index is -0.0365. The van der Waals surface area contributed by atoms with Crippen LogP contribution in [0.2, 0.25) is 0 Å². The van der Waals surface area contributed by atoms with Gasteiger partial charge >= 0.3 is 0 Å². The molecular weight excluding hydrogens is 438 g/mol. The lowest BCUT2D eigenvalue weighted by molar-refractivity contribution is 0.0771. The molecular formula is C21H18BrN3O2S. The highest BCUT2D eigenvalue weighted by molar-refractivity contribution is 9.10. The van der Waals surface area contributed by atoms with E-state index in [-0.39, 0.29) is 5.91 Å². The minimum Gasteiger partial charge on any atom is -0.452 e. The summed E-state index contributed by atoms with van der Waals surface area (Å²) in [6.45, 7) is 0.413. The topological polar surface area (TPSA) is 50.8 Å². The number of thioether (sulfide) groups is 1. The average molecular weight is 456 g/mol. The van der Waals surface area contributed by atoms with Gasteiger partial charge in [0.1, 0.15) is 11.4 Å². The molecule has 0 aliphatic heterocycles. The molecule has 3 heterocycles. The number of hydrogen-bond donors (Lipinski definition) is 0. The number of hydrogen-bond acceptors (Lipinski definition) is 4. The standard InChI is InChI=1S/C21H18BrN3O2S/c1-24(13-16-9-10-19(22)27-16)21(26)17-6-2-3-7-18(17)28-14-15-12-25-11-5-4-8-20(25)23-15/h2-12H,13-14H2,1H3. The van der Waals surface area contributed by atoms with Gasteiger partial charge < -0.3 is 13.7 Å². The van der Waals surface area contributed by atoms with E-state index in [2.05, 4.69) is 20.9 Å². The third-order valence-corrected chi connectivity index (χ3v) is 5.81. The van der Waals surface area contributed by atoms with Crippen molar-refractivity contribution in [3.8, 4) is 0 Å². The molecule has 3 aromatic heterocycles. The van der Waals surface area contributed by atoms with Gasteiger partial charge in [-0.05, 0) is 52.3 Å². The first kappa shape index (κ1) is 18.8. The largest absolute Gasteiger partial charge is 0.452 e. The van der Waals surface area contributed by atoms with Crippen molar-refractivity contribution >= 4 is 39.2 Å². The molecule has 5 nitrogen and oxygen atoms in total. The van der Waals surface area contributed by atoms with Gasteiger partial charge in [-0.15, -0.1) is 11.8 Å². The number of aromatic nitrogens is 2. The van der Waals surface area contributed by atoms with E-state index in [0.29, 0.717) is 22.5 Å². The Hall–Kier alpha value is -2.51. The van der Waals surface area contributed by atoms with Gasteiger partial charge in [0.25, 0.3) is 5.91 Å². The maximum Gasteiger partial charge on any atom is 0.255 e. The van der Waals surface area contributed by atoms with Gasteiger partial charge in [0, 0.05) is 30.1 Å². The highest BCUT2D eigenvalue weighted by Gasteiger charge is 2.17. The molecule has 28 heavy (non-hydrogen) atoms. The second-order valence-electron chi connectivity index (χ2n) is 6.35. The fourth-order valence-corrected chi connectivity index (χ4v) is 4.19. The summed E-state index contributed by atoms with van der Waals surface area (Å²) in [4.78, 5) is 20.2. The van der Waals surface area contributed by atoms with Gasteiger partial charge in [-0.25, -0.2) is 4.98 Å². The van der Waals surface area contributed by atoms with Crippen LogP contribution in [0.1, 0.15) is 21.8 Å². The molecule has 0 aliphatic carbocycles. The molecule has 0 spiro atoms. The molecule has 0 fully saturated rings. The summed E-state index contributed by atoms with van der Waals surface area (Å²) < 4.78 is 8.17. The zero-order valence-corrected chi connectivity index (χ0v) is 17.6. The number of amides is 1. The normalized spacial score (nSPS) is 11.1. The zero-order valence-electron chi connectivity index (χ0n) is 15.2. The SMILES string of the molecule is CN(Cc1ccc(Br)o1)C(=O)c1ccccc1SCc1cn2ccccc2n1. The number of carbonyl (C=O) groups excluding carboxylic acids is 1. The van der Waals surface area contributed by atoms with Gasteiger partial charge in [0.2, 0.25) is 0 Å². The van der Waals surface area contributed by atoms with E-state index >= 15 is 0 Å². The van der Waals surface area contributed by atoms with Crippen molar-refractivity contribution in [3.05, 3.63) is 88.7 Å². The number of halogens is 1. The molecule has 4 rings (SSSR count). The number of pyridine rings is 1. The number of imidazole rings is 1. The Morgan fingerprint density at radius 3 is 2.79 bits per heavy atom. The lowest BCUT2D eigenvalue weighted by atomic mass is 10.2. The fourth-order valence-electron chi connectivity index (χ4n) is 2.93. The average Bonchev–Trinajstić information content (AvgIpc) is 3.31. The number of carbonyl (C=O) groups is 1.